The standard InChI is InChI=1S/C24H21ClN4O3/c1-13-6-7-14(2)16(10-13)22-17(12-26)24(27)28(19-4-3-5-21(30)23(19)22)15-8-9-18(25)20(11-15)29(31)32/h6-11,22H,3-5,27H2,1-2H3. The number of rotatable bonds is 3. The smallest absolute Gasteiger partial charge is 0.289 e. The number of carbonyl (C=O) groups is 1. The number of Topliss-reactive ketones (excluding diaryl/α,β-unsaturated/α-hetero) is 1. The van der Waals surface area contributed by atoms with Crippen molar-refractivity contribution in [3.8, 4) is 6.07 Å². The van der Waals surface area contributed by atoms with Crippen molar-refractivity contribution in [1.29, 1.82) is 5.26 Å². The van der Waals surface area contributed by atoms with Crippen LogP contribution >= 0.6 is 11.6 Å². The molecule has 4 rings (SSSR count). The molecular formula is C24H21ClN4O3. The minimum Gasteiger partial charge on any atom is -0.384 e. The van der Waals surface area contributed by atoms with E-state index in [2.05, 4.69) is 6.07 Å². The number of nitrogens with zero attached hydrogens (tertiary/aromatic N) is 3. The number of halogens is 1. The molecule has 0 amide bonds. The number of carbonyl (C=O) groups excluding carboxylic acids is 1. The molecule has 1 aliphatic heterocycles. The van der Waals surface area contributed by atoms with Gasteiger partial charge in [0.05, 0.1) is 28.2 Å². The van der Waals surface area contributed by atoms with Crippen LogP contribution in [-0.2, 0) is 4.79 Å². The predicted molar refractivity (Wildman–Crippen MR) is 122 cm³/mol. The van der Waals surface area contributed by atoms with E-state index in [4.69, 9.17) is 17.3 Å². The van der Waals surface area contributed by atoms with Crippen LogP contribution < -0.4 is 10.6 Å². The second-order valence-corrected chi connectivity index (χ2v) is 8.48. The SMILES string of the molecule is Cc1ccc(C)c(C2C(C#N)=C(N)N(c3ccc(Cl)c([N+](=O)[O-])c3)C3=C2C(=O)CCC3)c1. The van der Waals surface area contributed by atoms with Crippen molar-refractivity contribution < 1.29 is 9.72 Å². The first kappa shape index (κ1) is 21.6. The lowest BCUT2D eigenvalue weighted by molar-refractivity contribution is -0.384. The minimum absolute atomic E-state index is 0.000929. The molecule has 0 saturated carbocycles. The molecule has 0 bridgehead atoms. The summed E-state index contributed by atoms with van der Waals surface area (Å²) in [5.41, 5.74) is 11.0. The second kappa shape index (κ2) is 8.13. The van der Waals surface area contributed by atoms with Crippen molar-refractivity contribution in [1.82, 2.24) is 0 Å². The number of allylic oxidation sites excluding steroid dienone is 3. The van der Waals surface area contributed by atoms with Gasteiger partial charge >= 0.3 is 0 Å². The van der Waals surface area contributed by atoms with Gasteiger partial charge in [0.2, 0.25) is 0 Å². The molecule has 0 aromatic heterocycles. The lowest BCUT2D eigenvalue weighted by Gasteiger charge is -2.40. The zero-order valence-electron chi connectivity index (χ0n) is 17.7. The van der Waals surface area contributed by atoms with E-state index in [1.165, 1.54) is 12.1 Å². The number of hydrogen-bond acceptors (Lipinski definition) is 6. The van der Waals surface area contributed by atoms with Gasteiger partial charge in [0, 0.05) is 23.8 Å². The van der Waals surface area contributed by atoms with E-state index in [-0.39, 0.29) is 27.9 Å². The van der Waals surface area contributed by atoms with Gasteiger partial charge in [-0.2, -0.15) is 5.26 Å². The molecule has 2 aromatic carbocycles. The first-order valence-corrected chi connectivity index (χ1v) is 10.6. The summed E-state index contributed by atoms with van der Waals surface area (Å²) in [5, 5.41) is 21.5. The normalized spacial score (nSPS) is 18.5. The Morgan fingerprint density at radius 2 is 1.97 bits per heavy atom. The van der Waals surface area contributed by atoms with Crippen LogP contribution in [0.3, 0.4) is 0 Å². The summed E-state index contributed by atoms with van der Waals surface area (Å²) in [6, 6.07) is 12.5. The maximum absolute atomic E-state index is 13.2. The predicted octanol–water partition coefficient (Wildman–Crippen LogP) is 5.17. The van der Waals surface area contributed by atoms with Crippen molar-refractivity contribution in [2.24, 2.45) is 5.73 Å². The Balaban J connectivity index is 2.00. The molecule has 1 unspecified atom stereocenters. The number of nitro benzene ring substituents is 1. The maximum atomic E-state index is 13.2. The molecule has 1 heterocycles. The highest BCUT2D eigenvalue weighted by Gasteiger charge is 2.41. The largest absolute Gasteiger partial charge is 0.384 e. The molecular weight excluding hydrogens is 428 g/mol. The molecule has 0 fully saturated rings. The Bertz CT molecular complexity index is 1270. The summed E-state index contributed by atoms with van der Waals surface area (Å²) in [7, 11) is 0. The summed E-state index contributed by atoms with van der Waals surface area (Å²) in [4.78, 5) is 25.7. The first-order valence-electron chi connectivity index (χ1n) is 10.2. The molecule has 1 aliphatic carbocycles. The van der Waals surface area contributed by atoms with E-state index >= 15 is 0 Å². The summed E-state index contributed by atoms with van der Waals surface area (Å²) >= 11 is 6.00. The summed E-state index contributed by atoms with van der Waals surface area (Å²) in [6.45, 7) is 3.91. The van der Waals surface area contributed by atoms with Gasteiger partial charge in [0.15, 0.2) is 5.78 Å². The number of nitrogens with two attached hydrogens (primary N) is 1. The van der Waals surface area contributed by atoms with Crippen molar-refractivity contribution in [3.05, 3.63) is 90.9 Å². The lowest BCUT2D eigenvalue weighted by atomic mass is 9.74. The van der Waals surface area contributed by atoms with E-state index in [1.807, 2.05) is 32.0 Å². The van der Waals surface area contributed by atoms with Gasteiger partial charge in [-0.15, -0.1) is 0 Å². The van der Waals surface area contributed by atoms with Crippen LogP contribution in [0.25, 0.3) is 0 Å². The van der Waals surface area contributed by atoms with E-state index in [1.54, 1.807) is 11.0 Å². The molecule has 162 valence electrons. The van der Waals surface area contributed by atoms with Gasteiger partial charge < -0.3 is 5.73 Å². The van der Waals surface area contributed by atoms with Gasteiger partial charge in [0.25, 0.3) is 5.69 Å². The molecule has 8 heteroatoms. The number of hydrogen-bond donors (Lipinski definition) is 1. The first-order chi connectivity index (χ1) is 15.2. The Morgan fingerprint density at radius 3 is 2.66 bits per heavy atom. The molecule has 0 radical (unpaired) electrons. The average Bonchev–Trinajstić information content (AvgIpc) is 2.75. The highest BCUT2D eigenvalue weighted by atomic mass is 35.5. The number of aryl methyl sites for hydroxylation is 2. The van der Waals surface area contributed by atoms with Gasteiger partial charge in [-0.25, -0.2) is 0 Å². The topological polar surface area (TPSA) is 113 Å². The maximum Gasteiger partial charge on any atom is 0.289 e. The zero-order chi connectivity index (χ0) is 23.2. The van der Waals surface area contributed by atoms with Gasteiger partial charge in [-0.05, 0) is 49.9 Å². The third-order valence-electron chi connectivity index (χ3n) is 6.04. The third kappa shape index (κ3) is 3.43. The van der Waals surface area contributed by atoms with Crippen molar-refractivity contribution in [3.63, 3.8) is 0 Å². The fourth-order valence-corrected chi connectivity index (χ4v) is 4.73. The van der Waals surface area contributed by atoms with Crippen LogP contribution in [0.4, 0.5) is 11.4 Å². The molecule has 32 heavy (non-hydrogen) atoms. The van der Waals surface area contributed by atoms with Crippen molar-refractivity contribution in [2.45, 2.75) is 39.0 Å². The van der Waals surface area contributed by atoms with E-state index in [9.17, 15) is 20.2 Å². The molecule has 2 N–H and O–H groups in total. The van der Waals surface area contributed by atoms with Crippen LogP contribution in [0.1, 0.15) is 41.9 Å². The summed E-state index contributed by atoms with van der Waals surface area (Å²) < 4.78 is 0. The van der Waals surface area contributed by atoms with Crippen molar-refractivity contribution >= 4 is 28.8 Å². The highest BCUT2D eigenvalue weighted by molar-refractivity contribution is 6.32. The number of ketones is 1. The van der Waals surface area contributed by atoms with E-state index in [0.717, 1.165) is 16.7 Å². The molecule has 2 aliphatic rings. The third-order valence-corrected chi connectivity index (χ3v) is 6.36. The molecule has 2 aromatic rings. The van der Waals surface area contributed by atoms with Crippen molar-refractivity contribution in [2.75, 3.05) is 4.90 Å². The van der Waals surface area contributed by atoms with Crippen LogP contribution in [0, 0.1) is 35.3 Å². The minimum atomic E-state index is -0.568. The fraction of sp³-hybridized carbons (Fsp3) is 0.250. The molecule has 1 atom stereocenters. The average molecular weight is 449 g/mol. The Kier molecular flexibility index (Phi) is 5.49. The van der Waals surface area contributed by atoms with Gasteiger partial charge in [0.1, 0.15) is 10.8 Å². The molecule has 0 saturated heterocycles. The molecule has 7 nitrogen and oxygen atoms in total. The van der Waals surface area contributed by atoms with E-state index in [0.29, 0.717) is 36.2 Å². The Morgan fingerprint density at radius 1 is 1.22 bits per heavy atom. The summed E-state index contributed by atoms with van der Waals surface area (Å²) in [6.07, 6.45) is 1.59. The Hall–Kier alpha value is -3.63. The highest BCUT2D eigenvalue weighted by Crippen LogP contribution is 2.47. The van der Waals surface area contributed by atoms with Crippen LogP contribution in [0.2, 0.25) is 5.02 Å². The second-order valence-electron chi connectivity index (χ2n) is 8.07. The number of nitro groups is 1. The van der Waals surface area contributed by atoms with Gasteiger partial charge in [-0.1, -0.05) is 35.4 Å². The lowest BCUT2D eigenvalue weighted by Crippen LogP contribution is -2.38. The molecule has 0 spiro atoms. The number of benzene rings is 2. The van der Waals surface area contributed by atoms with Crippen LogP contribution in [0.5, 0.6) is 0 Å². The van der Waals surface area contributed by atoms with E-state index < -0.39 is 10.8 Å². The number of anilines is 1. The summed E-state index contributed by atoms with van der Waals surface area (Å²) in [5.74, 6) is -0.435. The van der Waals surface area contributed by atoms with Gasteiger partial charge in [-0.3, -0.25) is 19.8 Å². The zero-order valence-corrected chi connectivity index (χ0v) is 18.4. The Labute approximate surface area is 190 Å². The number of nitriles is 1. The van der Waals surface area contributed by atoms with Crippen LogP contribution in [0.15, 0.2) is 59.1 Å². The fourth-order valence-electron chi connectivity index (χ4n) is 4.54. The monoisotopic (exact) mass is 448 g/mol. The quantitative estimate of drug-likeness (QED) is 0.511. The van der Waals surface area contributed by atoms with Crippen LogP contribution in [-0.4, -0.2) is 10.7 Å².